The SMILES string of the molecule is CCSc1cc(OCSC)cnc1C1CN2C=NC(C(F)(F)F)=CC2=N1. The summed E-state index contributed by atoms with van der Waals surface area (Å²) < 4.78 is 44.1. The smallest absolute Gasteiger partial charge is 0.433 e. The van der Waals surface area contributed by atoms with Crippen molar-refractivity contribution in [2.24, 2.45) is 9.98 Å². The van der Waals surface area contributed by atoms with Crippen LogP contribution in [-0.4, -0.2) is 52.7 Å². The fourth-order valence-electron chi connectivity index (χ4n) is 2.54. The molecule has 0 aromatic carbocycles. The fraction of sp³-hybridized carbons (Fsp3) is 0.438. The van der Waals surface area contributed by atoms with E-state index in [9.17, 15) is 13.2 Å². The average molecular weight is 402 g/mol. The molecule has 3 heterocycles. The quantitative estimate of drug-likeness (QED) is 0.529. The van der Waals surface area contributed by atoms with Gasteiger partial charge >= 0.3 is 6.18 Å². The van der Waals surface area contributed by atoms with Crippen molar-refractivity contribution < 1.29 is 17.9 Å². The van der Waals surface area contributed by atoms with Gasteiger partial charge in [0, 0.05) is 11.0 Å². The van der Waals surface area contributed by atoms with Crippen LogP contribution in [0.3, 0.4) is 0 Å². The summed E-state index contributed by atoms with van der Waals surface area (Å²) in [5, 5.41) is 0. The number of fused-ring (bicyclic) bond motifs is 1. The number of hydrogen-bond acceptors (Lipinski definition) is 7. The van der Waals surface area contributed by atoms with E-state index in [1.807, 2.05) is 19.2 Å². The van der Waals surface area contributed by atoms with E-state index in [0.717, 1.165) is 22.4 Å². The average Bonchev–Trinajstić information content (AvgIpc) is 3.02. The molecule has 1 unspecified atom stereocenters. The predicted molar refractivity (Wildman–Crippen MR) is 99.2 cm³/mol. The van der Waals surface area contributed by atoms with Crippen molar-refractivity contribution >= 4 is 35.7 Å². The molecule has 0 fully saturated rings. The maximum Gasteiger partial charge on any atom is 0.433 e. The van der Waals surface area contributed by atoms with Crippen LogP contribution in [0.4, 0.5) is 13.2 Å². The minimum Gasteiger partial charge on any atom is -0.481 e. The lowest BCUT2D eigenvalue weighted by Gasteiger charge is -2.19. The fourth-order valence-corrected chi connectivity index (χ4v) is 3.64. The molecule has 0 amide bonds. The van der Waals surface area contributed by atoms with Gasteiger partial charge in [-0.15, -0.1) is 23.5 Å². The van der Waals surface area contributed by atoms with Gasteiger partial charge in [0.1, 0.15) is 29.3 Å². The molecule has 26 heavy (non-hydrogen) atoms. The number of amidine groups is 1. The van der Waals surface area contributed by atoms with Crippen molar-refractivity contribution in [2.75, 3.05) is 24.5 Å². The number of thioether (sulfide) groups is 2. The van der Waals surface area contributed by atoms with Gasteiger partial charge in [-0.3, -0.25) is 9.98 Å². The van der Waals surface area contributed by atoms with Crippen molar-refractivity contribution in [1.29, 1.82) is 0 Å². The van der Waals surface area contributed by atoms with Crippen molar-refractivity contribution in [1.82, 2.24) is 9.88 Å². The number of ether oxygens (including phenoxy) is 1. The van der Waals surface area contributed by atoms with E-state index < -0.39 is 11.9 Å². The Bertz CT molecular complexity index is 764. The lowest BCUT2D eigenvalue weighted by molar-refractivity contribution is -0.0923. The molecule has 0 bridgehead atoms. The summed E-state index contributed by atoms with van der Waals surface area (Å²) in [5.41, 5.74) is -0.198. The third kappa shape index (κ3) is 4.17. The number of nitrogens with zero attached hydrogens (tertiary/aromatic N) is 4. The Morgan fingerprint density at radius 3 is 2.88 bits per heavy atom. The van der Waals surface area contributed by atoms with Gasteiger partial charge in [0.2, 0.25) is 0 Å². The van der Waals surface area contributed by atoms with E-state index in [1.165, 1.54) is 6.34 Å². The number of pyridine rings is 1. The van der Waals surface area contributed by atoms with Gasteiger partial charge in [0.25, 0.3) is 0 Å². The second-order valence-electron chi connectivity index (χ2n) is 5.47. The zero-order valence-electron chi connectivity index (χ0n) is 14.2. The first-order valence-electron chi connectivity index (χ1n) is 7.84. The Morgan fingerprint density at radius 2 is 2.19 bits per heavy atom. The number of alkyl halides is 3. The van der Waals surface area contributed by atoms with E-state index >= 15 is 0 Å². The van der Waals surface area contributed by atoms with E-state index in [2.05, 4.69) is 15.0 Å². The van der Waals surface area contributed by atoms with Gasteiger partial charge in [-0.05, 0) is 18.1 Å². The first-order valence-corrected chi connectivity index (χ1v) is 10.2. The molecule has 140 valence electrons. The first-order chi connectivity index (χ1) is 12.4. The molecule has 10 heteroatoms. The highest BCUT2D eigenvalue weighted by atomic mass is 32.2. The van der Waals surface area contributed by atoms with Crippen LogP contribution in [0.15, 0.2) is 38.9 Å². The van der Waals surface area contributed by atoms with Crippen molar-refractivity contribution in [3.8, 4) is 5.75 Å². The molecular formula is C16H17F3N4OS2. The monoisotopic (exact) mass is 402 g/mol. The Kier molecular flexibility index (Phi) is 5.81. The van der Waals surface area contributed by atoms with E-state index in [-0.39, 0.29) is 11.9 Å². The van der Waals surface area contributed by atoms with Gasteiger partial charge in [0.15, 0.2) is 0 Å². The maximum absolute atomic E-state index is 12.8. The highest BCUT2D eigenvalue weighted by Crippen LogP contribution is 2.36. The molecule has 1 atom stereocenters. The normalized spacial score (nSPS) is 19.3. The second kappa shape index (κ2) is 7.91. The Hall–Kier alpha value is -1.68. The Morgan fingerprint density at radius 1 is 1.38 bits per heavy atom. The van der Waals surface area contributed by atoms with Crippen LogP contribution in [0.25, 0.3) is 0 Å². The van der Waals surface area contributed by atoms with Crippen molar-refractivity contribution in [2.45, 2.75) is 24.0 Å². The zero-order chi connectivity index (χ0) is 18.7. The highest BCUT2D eigenvalue weighted by molar-refractivity contribution is 7.99. The number of aliphatic imine (C=N–C) groups is 2. The Balaban J connectivity index is 1.87. The van der Waals surface area contributed by atoms with Gasteiger partial charge in [0.05, 0.1) is 24.8 Å². The molecule has 3 rings (SSSR count). The molecule has 1 aromatic heterocycles. The van der Waals surface area contributed by atoms with Gasteiger partial charge < -0.3 is 9.64 Å². The standard InChI is InChI=1S/C16H17F3N4OS2/c1-3-26-12-4-10(24-9-25-2)6-20-15(12)11-7-23-8-21-13(16(17,18)19)5-14(23)22-11/h4-6,8,11H,3,7,9H2,1-2H3. The second-order valence-corrected chi connectivity index (χ2v) is 7.58. The third-order valence-corrected chi connectivity index (χ3v) is 4.94. The predicted octanol–water partition coefficient (Wildman–Crippen LogP) is 4.14. The molecule has 0 N–H and O–H groups in total. The lowest BCUT2D eigenvalue weighted by atomic mass is 10.2. The summed E-state index contributed by atoms with van der Waals surface area (Å²) in [7, 11) is 0. The molecule has 0 aliphatic carbocycles. The summed E-state index contributed by atoms with van der Waals surface area (Å²) in [6.45, 7) is 2.44. The molecule has 2 aliphatic heterocycles. The highest BCUT2D eigenvalue weighted by Gasteiger charge is 2.38. The molecule has 0 saturated carbocycles. The summed E-state index contributed by atoms with van der Waals surface area (Å²) in [5.74, 6) is 2.29. The molecule has 0 spiro atoms. The molecule has 5 nitrogen and oxygen atoms in total. The van der Waals surface area contributed by atoms with Gasteiger partial charge in [-0.25, -0.2) is 4.99 Å². The zero-order valence-corrected chi connectivity index (χ0v) is 15.8. The minimum absolute atomic E-state index is 0.259. The van der Waals surface area contributed by atoms with E-state index in [0.29, 0.717) is 18.2 Å². The van der Waals surface area contributed by atoms with Gasteiger partial charge in [-0.1, -0.05) is 6.92 Å². The number of aromatic nitrogens is 1. The molecule has 0 saturated heterocycles. The van der Waals surface area contributed by atoms with E-state index in [4.69, 9.17) is 4.74 Å². The topological polar surface area (TPSA) is 50.1 Å². The van der Waals surface area contributed by atoms with Crippen LogP contribution in [0.5, 0.6) is 5.75 Å². The molecule has 0 radical (unpaired) electrons. The van der Waals surface area contributed by atoms with Crippen LogP contribution in [-0.2, 0) is 0 Å². The third-order valence-electron chi connectivity index (χ3n) is 3.66. The number of rotatable bonds is 6. The van der Waals surface area contributed by atoms with Crippen LogP contribution < -0.4 is 4.74 Å². The Labute approximate surface area is 157 Å². The number of halogens is 3. The summed E-state index contributed by atoms with van der Waals surface area (Å²) in [6.07, 6.45) is 1.25. The van der Waals surface area contributed by atoms with Crippen molar-refractivity contribution in [3.05, 3.63) is 29.7 Å². The summed E-state index contributed by atoms with van der Waals surface area (Å²) >= 11 is 3.17. The number of allylic oxidation sites excluding steroid dienone is 1. The number of hydrogen-bond donors (Lipinski definition) is 0. The van der Waals surface area contributed by atoms with Crippen LogP contribution >= 0.6 is 23.5 Å². The molecular weight excluding hydrogens is 385 g/mol. The van der Waals surface area contributed by atoms with Gasteiger partial charge in [-0.2, -0.15) is 13.2 Å². The summed E-state index contributed by atoms with van der Waals surface area (Å²) in [6, 6.07) is 1.57. The summed E-state index contributed by atoms with van der Waals surface area (Å²) in [4.78, 5) is 14.9. The first kappa shape index (κ1) is 19.1. The molecule has 2 aliphatic rings. The van der Waals surface area contributed by atoms with Crippen LogP contribution in [0.1, 0.15) is 18.7 Å². The molecule has 1 aromatic rings. The van der Waals surface area contributed by atoms with Crippen molar-refractivity contribution in [3.63, 3.8) is 0 Å². The van der Waals surface area contributed by atoms with E-state index in [1.54, 1.807) is 34.6 Å². The minimum atomic E-state index is -4.49. The lowest BCUT2D eigenvalue weighted by Crippen LogP contribution is -2.30. The van der Waals surface area contributed by atoms with Crippen LogP contribution in [0.2, 0.25) is 0 Å². The van der Waals surface area contributed by atoms with Crippen LogP contribution in [0, 0.1) is 0 Å². The maximum atomic E-state index is 12.8. The largest absolute Gasteiger partial charge is 0.481 e.